The highest BCUT2D eigenvalue weighted by molar-refractivity contribution is 7.99. The van der Waals surface area contributed by atoms with Gasteiger partial charge in [0.25, 0.3) is 0 Å². The lowest BCUT2D eigenvalue weighted by Crippen LogP contribution is -2.33. The van der Waals surface area contributed by atoms with Crippen LogP contribution in [0.15, 0.2) is 22.8 Å². The molecule has 0 aromatic carbocycles. The molecule has 84 valence electrons. The van der Waals surface area contributed by atoms with Crippen LogP contribution in [0.3, 0.4) is 0 Å². The van der Waals surface area contributed by atoms with Crippen LogP contribution in [-0.2, 0) is 10.5 Å². The summed E-state index contributed by atoms with van der Waals surface area (Å²) < 4.78 is 5.17. The molecule has 1 atom stereocenters. The highest BCUT2D eigenvalue weighted by Crippen LogP contribution is 2.11. The van der Waals surface area contributed by atoms with Gasteiger partial charge in [-0.25, -0.2) is 0 Å². The van der Waals surface area contributed by atoms with Crippen molar-refractivity contribution in [1.29, 1.82) is 0 Å². The molecular weight excluding hydrogens is 210 g/mol. The topological polar surface area (TPSA) is 42.2 Å². The van der Waals surface area contributed by atoms with Gasteiger partial charge >= 0.3 is 0 Å². The quantitative estimate of drug-likeness (QED) is 0.811. The summed E-state index contributed by atoms with van der Waals surface area (Å²) in [6.07, 6.45) is 2.61. The average molecular weight is 227 g/mol. The molecule has 1 rings (SSSR count). The van der Waals surface area contributed by atoms with E-state index in [1.54, 1.807) is 18.0 Å². The Hall–Kier alpha value is -0.900. The van der Waals surface area contributed by atoms with Crippen molar-refractivity contribution in [3.05, 3.63) is 24.2 Å². The summed E-state index contributed by atoms with van der Waals surface area (Å²) in [5.74, 6) is 2.25. The van der Waals surface area contributed by atoms with Crippen molar-refractivity contribution >= 4 is 17.7 Å². The van der Waals surface area contributed by atoms with Crippen molar-refractivity contribution in [3.8, 4) is 0 Å². The van der Waals surface area contributed by atoms with Crippen LogP contribution in [-0.4, -0.2) is 17.7 Å². The highest BCUT2D eigenvalue weighted by atomic mass is 32.2. The van der Waals surface area contributed by atoms with Crippen molar-refractivity contribution in [2.75, 3.05) is 5.75 Å². The number of amides is 1. The van der Waals surface area contributed by atoms with Crippen molar-refractivity contribution in [3.63, 3.8) is 0 Å². The molecule has 0 bridgehead atoms. The maximum absolute atomic E-state index is 11.4. The first-order valence-corrected chi connectivity index (χ1v) is 6.27. The van der Waals surface area contributed by atoms with Crippen molar-refractivity contribution in [2.24, 2.45) is 0 Å². The number of hydrogen-bond acceptors (Lipinski definition) is 3. The Balaban J connectivity index is 2.12. The third-order valence-electron chi connectivity index (χ3n) is 2.08. The summed E-state index contributed by atoms with van der Waals surface area (Å²) in [7, 11) is 0. The van der Waals surface area contributed by atoms with Gasteiger partial charge in [0.05, 0.1) is 17.8 Å². The Bertz CT molecular complexity index is 285. The van der Waals surface area contributed by atoms with Crippen LogP contribution in [0.5, 0.6) is 0 Å². The van der Waals surface area contributed by atoms with Gasteiger partial charge in [0.1, 0.15) is 5.76 Å². The fraction of sp³-hybridized carbons (Fsp3) is 0.545. The van der Waals surface area contributed by atoms with E-state index in [4.69, 9.17) is 4.42 Å². The van der Waals surface area contributed by atoms with E-state index in [2.05, 4.69) is 12.2 Å². The molecule has 0 aliphatic heterocycles. The lowest BCUT2D eigenvalue weighted by Gasteiger charge is -2.10. The maximum atomic E-state index is 11.4. The number of carbonyl (C=O) groups is 1. The zero-order valence-corrected chi connectivity index (χ0v) is 9.97. The summed E-state index contributed by atoms with van der Waals surface area (Å²) in [5.41, 5.74) is 0. The van der Waals surface area contributed by atoms with E-state index >= 15 is 0 Å². The molecule has 0 fully saturated rings. The van der Waals surface area contributed by atoms with Crippen molar-refractivity contribution < 1.29 is 9.21 Å². The molecule has 4 heteroatoms. The smallest absolute Gasteiger partial charge is 0.230 e. The minimum Gasteiger partial charge on any atom is -0.468 e. The fourth-order valence-electron chi connectivity index (χ4n) is 1.06. The van der Waals surface area contributed by atoms with E-state index in [-0.39, 0.29) is 11.9 Å². The van der Waals surface area contributed by atoms with Crippen LogP contribution in [0.4, 0.5) is 0 Å². The molecule has 1 N–H and O–H groups in total. The number of rotatable bonds is 6. The van der Waals surface area contributed by atoms with Gasteiger partial charge in [0.15, 0.2) is 0 Å². The third kappa shape index (κ3) is 4.93. The number of carbonyl (C=O) groups excluding carboxylic acids is 1. The Morgan fingerprint density at radius 3 is 3.07 bits per heavy atom. The predicted molar refractivity (Wildman–Crippen MR) is 62.8 cm³/mol. The second-order valence-corrected chi connectivity index (χ2v) is 4.43. The monoisotopic (exact) mass is 227 g/mol. The van der Waals surface area contributed by atoms with Gasteiger partial charge in [-0.1, -0.05) is 6.92 Å². The number of nitrogens with one attached hydrogen (secondary N) is 1. The zero-order chi connectivity index (χ0) is 11.1. The largest absolute Gasteiger partial charge is 0.468 e. The molecule has 3 nitrogen and oxygen atoms in total. The number of thioether (sulfide) groups is 1. The third-order valence-corrected chi connectivity index (χ3v) is 3.03. The average Bonchev–Trinajstić information content (AvgIpc) is 2.70. The van der Waals surface area contributed by atoms with Gasteiger partial charge < -0.3 is 9.73 Å². The predicted octanol–water partition coefficient (Wildman–Crippen LogP) is 2.43. The van der Waals surface area contributed by atoms with Gasteiger partial charge in [0.2, 0.25) is 5.91 Å². The molecule has 0 aliphatic carbocycles. The molecule has 1 amide bonds. The Labute approximate surface area is 94.6 Å². The first kappa shape index (κ1) is 12.2. The molecule has 0 spiro atoms. The van der Waals surface area contributed by atoms with Crippen LogP contribution in [0, 0.1) is 0 Å². The fourth-order valence-corrected chi connectivity index (χ4v) is 1.79. The highest BCUT2D eigenvalue weighted by Gasteiger charge is 2.05. The van der Waals surface area contributed by atoms with Gasteiger partial charge in [-0.15, -0.1) is 11.8 Å². The normalized spacial score (nSPS) is 12.4. The van der Waals surface area contributed by atoms with Crippen molar-refractivity contribution in [1.82, 2.24) is 5.32 Å². The van der Waals surface area contributed by atoms with E-state index in [1.165, 1.54) is 0 Å². The maximum Gasteiger partial charge on any atom is 0.230 e. The Morgan fingerprint density at radius 1 is 1.67 bits per heavy atom. The lowest BCUT2D eigenvalue weighted by atomic mass is 10.3. The summed E-state index contributed by atoms with van der Waals surface area (Å²) >= 11 is 1.57. The van der Waals surface area contributed by atoms with Gasteiger partial charge in [-0.05, 0) is 25.5 Å². The summed E-state index contributed by atoms with van der Waals surface area (Å²) in [5, 5.41) is 2.92. The van der Waals surface area contributed by atoms with Gasteiger partial charge in [-0.2, -0.15) is 0 Å². The standard InChI is InChI=1S/C11H17NO2S/c1-3-9(2)12-11(13)8-15-7-10-5-4-6-14-10/h4-6,9H,3,7-8H2,1-2H3,(H,12,13). The van der Waals surface area contributed by atoms with Crippen LogP contribution in [0.25, 0.3) is 0 Å². The first-order chi connectivity index (χ1) is 7.22. The SMILES string of the molecule is CCC(C)NC(=O)CSCc1ccco1. The van der Waals surface area contributed by atoms with Crippen LogP contribution < -0.4 is 5.32 Å². The second-order valence-electron chi connectivity index (χ2n) is 3.45. The van der Waals surface area contributed by atoms with Gasteiger partial charge in [-0.3, -0.25) is 4.79 Å². The minimum atomic E-state index is 0.0981. The summed E-state index contributed by atoms with van der Waals surface area (Å²) in [6.45, 7) is 4.07. The molecule has 1 aromatic heterocycles. The molecule has 1 aromatic rings. The summed E-state index contributed by atoms with van der Waals surface area (Å²) in [6, 6.07) is 4.04. The van der Waals surface area contributed by atoms with Crippen molar-refractivity contribution in [2.45, 2.75) is 32.1 Å². The van der Waals surface area contributed by atoms with E-state index in [9.17, 15) is 4.79 Å². The first-order valence-electron chi connectivity index (χ1n) is 5.12. The van der Waals surface area contributed by atoms with Gasteiger partial charge in [0, 0.05) is 6.04 Å². The molecule has 0 radical (unpaired) electrons. The molecule has 15 heavy (non-hydrogen) atoms. The number of hydrogen-bond donors (Lipinski definition) is 1. The van der Waals surface area contributed by atoms with E-state index in [0.29, 0.717) is 5.75 Å². The molecule has 0 aliphatic rings. The molecular formula is C11H17NO2S. The lowest BCUT2D eigenvalue weighted by molar-refractivity contribution is -0.119. The molecule has 0 saturated carbocycles. The zero-order valence-electron chi connectivity index (χ0n) is 9.16. The van der Waals surface area contributed by atoms with Crippen LogP contribution in [0.1, 0.15) is 26.0 Å². The minimum absolute atomic E-state index is 0.0981. The Kier molecular flexibility index (Phi) is 5.32. The molecule has 1 unspecified atom stereocenters. The Morgan fingerprint density at radius 2 is 2.47 bits per heavy atom. The number of furan rings is 1. The summed E-state index contributed by atoms with van der Waals surface area (Å²) in [4.78, 5) is 11.4. The molecule has 1 heterocycles. The van der Waals surface area contributed by atoms with E-state index in [0.717, 1.165) is 17.9 Å². The van der Waals surface area contributed by atoms with Crippen LogP contribution >= 0.6 is 11.8 Å². The van der Waals surface area contributed by atoms with Crippen LogP contribution in [0.2, 0.25) is 0 Å². The van der Waals surface area contributed by atoms with E-state index in [1.807, 2.05) is 19.1 Å². The van der Waals surface area contributed by atoms with E-state index < -0.39 is 0 Å². The molecule has 0 saturated heterocycles. The second kappa shape index (κ2) is 6.56.